The number of fused-ring (bicyclic) bond motifs is 1. The minimum atomic E-state index is -0.694. The lowest BCUT2D eigenvalue weighted by Crippen LogP contribution is -2.41. The Morgan fingerprint density at radius 2 is 1.68 bits per heavy atom. The van der Waals surface area contributed by atoms with Crippen LogP contribution < -0.4 is 20.1 Å². The molecule has 0 bridgehead atoms. The van der Waals surface area contributed by atoms with Crippen molar-refractivity contribution in [1.29, 1.82) is 0 Å². The minimum absolute atomic E-state index is 0.103. The molecule has 0 saturated carbocycles. The van der Waals surface area contributed by atoms with E-state index in [1.165, 1.54) is 12.1 Å². The van der Waals surface area contributed by atoms with Crippen LogP contribution in [-0.4, -0.2) is 19.2 Å². The lowest BCUT2D eigenvalue weighted by atomic mass is 9.95. The van der Waals surface area contributed by atoms with E-state index in [0.29, 0.717) is 24.7 Å². The van der Waals surface area contributed by atoms with Gasteiger partial charge in [0.1, 0.15) is 24.8 Å². The van der Waals surface area contributed by atoms with Crippen LogP contribution in [0.15, 0.2) is 36.4 Å². The van der Waals surface area contributed by atoms with E-state index >= 15 is 0 Å². The van der Waals surface area contributed by atoms with Crippen molar-refractivity contribution in [2.75, 3.05) is 13.2 Å². The molecule has 28 heavy (non-hydrogen) atoms. The van der Waals surface area contributed by atoms with Crippen LogP contribution in [0.3, 0.4) is 0 Å². The Labute approximate surface area is 163 Å². The van der Waals surface area contributed by atoms with Crippen LogP contribution in [0, 0.1) is 17.6 Å². The molecule has 0 unspecified atom stereocenters. The molecule has 2 atom stereocenters. The standard InChI is InChI=1S/C21H24F2N2O3/c1-12(2)20(14-4-7-18-19(10-14)28-9-8-27-18)25-21(26)24-13(3)16-6-5-15(22)11-17(16)23/h4-7,10-13,20H,8-9H2,1-3H3,(H2,24,25,26)/t13-,20-/m1/s1. The first-order valence-electron chi connectivity index (χ1n) is 9.26. The maximum atomic E-state index is 13.9. The van der Waals surface area contributed by atoms with Gasteiger partial charge in [-0.2, -0.15) is 0 Å². The number of urea groups is 1. The summed E-state index contributed by atoms with van der Waals surface area (Å²) in [4.78, 5) is 12.5. The topological polar surface area (TPSA) is 59.6 Å². The second-order valence-electron chi connectivity index (χ2n) is 7.13. The van der Waals surface area contributed by atoms with Crippen LogP contribution in [0.25, 0.3) is 0 Å². The number of hydrogen-bond donors (Lipinski definition) is 2. The number of rotatable bonds is 5. The zero-order valence-electron chi connectivity index (χ0n) is 16.1. The Morgan fingerprint density at radius 1 is 0.964 bits per heavy atom. The van der Waals surface area contributed by atoms with Gasteiger partial charge in [0.25, 0.3) is 0 Å². The highest BCUT2D eigenvalue weighted by molar-refractivity contribution is 5.75. The Bertz CT molecular complexity index is 858. The zero-order valence-corrected chi connectivity index (χ0v) is 16.1. The van der Waals surface area contributed by atoms with Crippen LogP contribution in [0.2, 0.25) is 0 Å². The molecular weight excluding hydrogens is 366 g/mol. The maximum Gasteiger partial charge on any atom is 0.315 e. The number of carbonyl (C=O) groups excluding carboxylic acids is 1. The van der Waals surface area contributed by atoms with Gasteiger partial charge in [-0.25, -0.2) is 13.6 Å². The molecule has 1 heterocycles. The molecule has 0 saturated heterocycles. The van der Waals surface area contributed by atoms with Crippen LogP contribution in [0.5, 0.6) is 11.5 Å². The van der Waals surface area contributed by atoms with Crippen LogP contribution in [0.4, 0.5) is 13.6 Å². The van der Waals surface area contributed by atoms with Crippen molar-refractivity contribution in [3.8, 4) is 11.5 Å². The highest BCUT2D eigenvalue weighted by Crippen LogP contribution is 2.34. The third-order valence-electron chi connectivity index (χ3n) is 4.66. The molecule has 2 N–H and O–H groups in total. The van der Waals surface area contributed by atoms with Crippen LogP contribution >= 0.6 is 0 Å². The number of benzene rings is 2. The highest BCUT2D eigenvalue weighted by atomic mass is 19.1. The third kappa shape index (κ3) is 4.52. The lowest BCUT2D eigenvalue weighted by Gasteiger charge is -2.26. The van der Waals surface area contributed by atoms with Gasteiger partial charge in [-0.3, -0.25) is 0 Å². The first-order valence-corrected chi connectivity index (χ1v) is 9.26. The molecule has 1 aliphatic heterocycles. The van der Waals surface area contributed by atoms with Gasteiger partial charge in [0, 0.05) is 11.6 Å². The second-order valence-corrected chi connectivity index (χ2v) is 7.13. The molecular formula is C21H24F2N2O3. The van der Waals surface area contributed by atoms with Crippen molar-refractivity contribution in [3.05, 3.63) is 59.2 Å². The number of carbonyl (C=O) groups is 1. The summed E-state index contributed by atoms with van der Waals surface area (Å²) in [7, 11) is 0. The molecule has 0 aromatic heterocycles. The summed E-state index contributed by atoms with van der Waals surface area (Å²) >= 11 is 0. The molecule has 2 aromatic carbocycles. The summed E-state index contributed by atoms with van der Waals surface area (Å²) in [5.41, 5.74) is 1.10. The van der Waals surface area contributed by atoms with Gasteiger partial charge < -0.3 is 20.1 Å². The monoisotopic (exact) mass is 390 g/mol. The van der Waals surface area contributed by atoms with E-state index in [9.17, 15) is 13.6 Å². The molecule has 3 rings (SSSR count). The van der Waals surface area contributed by atoms with Crippen LogP contribution in [-0.2, 0) is 0 Å². The van der Waals surface area contributed by atoms with Gasteiger partial charge in [-0.05, 0) is 36.6 Å². The SMILES string of the molecule is CC(C)[C@@H](NC(=O)N[C@H](C)c1ccc(F)cc1F)c1ccc2c(c1)OCCO2. The smallest absolute Gasteiger partial charge is 0.315 e. The average Bonchev–Trinajstić information content (AvgIpc) is 2.65. The Hall–Kier alpha value is -2.83. The number of ether oxygens (including phenoxy) is 2. The summed E-state index contributed by atoms with van der Waals surface area (Å²) < 4.78 is 38.2. The number of amides is 2. The molecule has 0 spiro atoms. The summed E-state index contributed by atoms with van der Waals surface area (Å²) in [6, 6.07) is 7.55. The molecule has 150 valence electrons. The zero-order chi connectivity index (χ0) is 20.3. The van der Waals surface area contributed by atoms with Gasteiger partial charge in [-0.15, -0.1) is 0 Å². The fourth-order valence-electron chi connectivity index (χ4n) is 3.20. The molecule has 7 heteroatoms. The predicted molar refractivity (Wildman–Crippen MR) is 101 cm³/mol. The van der Waals surface area contributed by atoms with E-state index in [1.807, 2.05) is 32.0 Å². The fourth-order valence-corrected chi connectivity index (χ4v) is 3.20. The summed E-state index contributed by atoms with van der Waals surface area (Å²) in [5.74, 6) is 0.0864. The third-order valence-corrected chi connectivity index (χ3v) is 4.66. The highest BCUT2D eigenvalue weighted by Gasteiger charge is 2.23. The van der Waals surface area contributed by atoms with Crippen LogP contribution in [0.1, 0.15) is 44.0 Å². The van der Waals surface area contributed by atoms with Crippen molar-refractivity contribution < 1.29 is 23.0 Å². The quantitative estimate of drug-likeness (QED) is 0.791. The summed E-state index contributed by atoms with van der Waals surface area (Å²) in [5, 5.41) is 5.63. The first-order chi connectivity index (χ1) is 13.3. The maximum absolute atomic E-state index is 13.9. The normalized spacial score (nSPS) is 15.1. The number of hydrogen-bond acceptors (Lipinski definition) is 3. The van der Waals surface area contributed by atoms with E-state index in [-0.39, 0.29) is 17.5 Å². The molecule has 0 radical (unpaired) electrons. The van der Waals surface area contributed by atoms with Gasteiger partial charge >= 0.3 is 6.03 Å². The number of halogens is 2. The molecule has 2 aromatic rings. The molecule has 5 nitrogen and oxygen atoms in total. The first kappa shape index (κ1) is 19.9. The fraction of sp³-hybridized carbons (Fsp3) is 0.381. The van der Waals surface area contributed by atoms with Crippen molar-refractivity contribution in [2.45, 2.75) is 32.9 Å². The summed E-state index contributed by atoms with van der Waals surface area (Å²) in [6.45, 7) is 6.62. The van der Waals surface area contributed by atoms with Gasteiger partial charge in [0.15, 0.2) is 11.5 Å². The predicted octanol–water partition coefficient (Wildman–Crippen LogP) is 4.49. The average molecular weight is 390 g/mol. The lowest BCUT2D eigenvalue weighted by molar-refractivity contribution is 0.171. The largest absolute Gasteiger partial charge is 0.486 e. The van der Waals surface area contributed by atoms with E-state index < -0.39 is 23.7 Å². The summed E-state index contributed by atoms with van der Waals surface area (Å²) in [6.07, 6.45) is 0. The van der Waals surface area contributed by atoms with Gasteiger partial charge in [-0.1, -0.05) is 26.0 Å². The van der Waals surface area contributed by atoms with E-state index in [2.05, 4.69) is 10.6 Å². The van der Waals surface area contributed by atoms with Crippen molar-refractivity contribution in [1.82, 2.24) is 10.6 Å². The number of nitrogens with one attached hydrogen (secondary N) is 2. The van der Waals surface area contributed by atoms with E-state index in [4.69, 9.17) is 9.47 Å². The van der Waals surface area contributed by atoms with E-state index in [0.717, 1.165) is 11.6 Å². The molecule has 0 aliphatic carbocycles. The van der Waals surface area contributed by atoms with Crippen molar-refractivity contribution >= 4 is 6.03 Å². The van der Waals surface area contributed by atoms with Gasteiger partial charge in [0.05, 0.1) is 12.1 Å². The Morgan fingerprint density at radius 3 is 2.36 bits per heavy atom. The second kappa shape index (κ2) is 8.46. The molecule has 1 aliphatic rings. The van der Waals surface area contributed by atoms with Crippen molar-refractivity contribution in [2.24, 2.45) is 5.92 Å². The van der Waals surface area contributed by atoms with E-state index in [1.54, 1.807) is 6.92 Å². The molecule has 2 amide bonds. The van der Waals surface area contributed by atoms with Gasteiger partial charge in [0.2, 0.25) is 0 Å². The minimum Gasteiger partial charge on any atom is -0.486 e. The Kier molecular flexibility index (Phi) is 6.02. The van der Waals surface area contributed by atoms with Crippen molar-refractivity contribution in [3.63, 3.8) is 0 Å². The Balaban J connectivity index is 1.71. The molecule has 0 fully saturated rings.